The lowest BCUT2D eigenvalue weighted by Gasteiger charge is -2.19. The van der Waals surface area contributed by atoms with Crippen LogP contribution in [0.4, 0.5) is 9.18 Å². The van der Waals surface area contributed by atoms with Gasteiger partial charge in [-0.3, -0.25) is 4.79 Å². The number of hydrogen-bond donors (Lipinski definition) is 1. The lowest BCUT2D eigenvalue weighted by Crippen LogP contribution is -2.40. The predicted octanol–water partition coefficient (Wildman–Crippen LogP) is 2.65. The summed E-state index contributed by atoms with van der Waals surface area (Å²) in [5, 5.41) is 3.08. The average Bonchev–Trinajstić information content (AvgIpc) is 2.90. The molecule has 0 aliphatic carbocycles. The minimum atomic E-state index is -0.413. The largest absolute Gasteiger partial charge is 0.379 e. The molecule has 0 spiro atoms. The van der Waals surface area contributed by atoms with Gasteiger partial charge in [0, 0.05) is 37.8 Å². The van der Waals surface area contributed by atoms with Gasteiger partial charge in [0.05, 0.1) is 6.10 Å². The third-order valence-electron chi connectivity index (χ3n) is 3.99. The van der Waals surface area contributed by atoms with E-state index in [-0.39, 0.29) is 29.6 Å². The van der Waals surface area contributed by atoms with Crippen LogP contribution in [0.15, 0.2) is 18.2 Å². The Morgan fingerprint density at radius 1 is 1.35 bits per heavy atom. The zero-order valence-electron chi connectivity index (χ0n) is 15.1. The highest BCUT2D eigenvalue weighted by atomic mass is 35.5. The van der Waals surface area contributed by atoms with Crippen LogP contribution >= 0.6 is 11.6 Å². The second kappa shape index (κ2) is 9.73. The van der Waals surface area contributed by atoms with E-state index in [1.807, 2.05) is 13.8 Å². The van der Waals surface area contributed by atoms with Crippen molar-refractivity contribution >= 4 is 23.5 Å². The maximum atomic E-state index is 13.1. The minimum absolute atomic E-state index is 0.0253. The molecule has 3 amide bonds. The zero-order valence-corrected chi connectivity index (χ0v) is 15.9. The molecule has 0 aromatic heterocycles. The van der Waals surface area contributed by atoms with Crippen molar-refractivity contribution in [1.29, 1.82) is 0 Å². The van der Waals surface area contributed by atoms with E-state index in [4.69, 9.17) is 16.3 Å². The number of carbonyl (C=O) groups excluding carboxylic acids is 2. The van der Waals surface area contributed by atoms with Crippen LogP contribution in [0.5, 0.6) is 0 Å². The summed E-state index contributed by atoms with van der Waals surface area (Å²) in [4.78, 5) is 27.5. The van der Waals surface area contributed by atoms with Gasteiger partial charge in [0.25, 0.3) is 0 Å². The molecule has 26 heavy (non-hydrogen) atoms. The zero-order chi connectivity index (χ0) is 19.1. The number of hydrogen-bond acceptors (Lipinski definition) is 3. The van der Waals surface area contributed by atoms with Gasteiger partial charge in [-0.1, -0.05) is 17.7 Å². The molecule has 1 fully saturated rings. The molecule has 6 nitrogen and oxygen atoms in total. The average molecular weight is 386 g/mol. The number of benzene rings is 1. The quantitative estimate of drug-likeness (QED) is 0.665. The van der Waals surface area contributed by atoms with Crippen LogP contribution in [-0.2, 0) is 16.1 Å². The normalized spacial score (nSPS) is 14.4. The van der Waals surface area contributed by atoms with Gasteiger partial charge in [-0.15, -0.1) is 0 Å². The van der Waals surface area contributed by atoms with E-state index in [2.05, 4.69) is 5.32 Å². The topological polar surface area (TPSA) is 61.9 Å². The van der Waals surface area contributed by atoms with E-state index < -0.39 is 5.82 Å². The number of carbonyl (C=O) groups is 2. The SMILES string of the molecule is CC(C)OCCCNC(=O)CN1CCN(Cc2ccc(F)cc2Cl)C1=O. The first-order valence-electron chi connectivity index (χ1n) is 8.73. The molecule has 2 rings (SSSR count). The Labute approximate surface area is 158 Å². The standard InChI is InChI=1S/C18H25ClFN3O3/c1-13(2)26-9-3-6-21-17(24)12-23-8-7-22(18(23)25)11-14-4-5-15(20)10-16(14)19/h4-5,10,13H,3,6-9,11-12H2,1-2H3,(H,21,24). The maximum Gasteiger partial charge on any atom is 0.320 e. The number of nitrogens with one attached hydrogen (secondary N) is 1. The molecule has 8 heteroatoms. The van der Waals surface area contributed by atoms with Gasteiger partial charge in [0.15, 0.2) is 0 Å². The lowest BCUT2D eigenvalue weighted by molar-refractivity contribution is -0.121. The lowest BCUT2D eigenvalue weighted by atomic mass is 10.2. The summed E-state index contributed by atoms with van der Waals surface area (Å²) in [6.45, 7) is 6.32. The number of rotatable bonds is 9. The van der Waals surface area contributed by atoms with Gasteiger partial charge in [0.2, 0.25) is 5.91 Å². The van der Waals surface area contributed by atoms with E-state index in [0.717, 1.165) is 6.42 Å². The third-order valence-corrected chi connectivity index (χ3v) is 4.34. The molecule has 1 N–H and O–H groups in total. The van der Waals surface area contributed by atoms with Gasteiger partial charge in [0.1, 0.15) is 12.4 Å². The van der Waals surface area contributed by atoms with Crippen molar-refractivity contribution in [2.24, 2.45) is 0 Å². The molecule has 1 aromatic carbocycles. The Bertz CT molecular complexity index is 642. The molecule has 0 saturated carbocycles. The fourth-order valence-corrected chi connectivity index (χ4v) is 2.86. The Morgan fingerprint density at radius 3 is 2.77 bits per heavy atom. The number of nitrogens with zero attached hydrogens (tertiary/aromatic N) is 2. The van der Waals surface area contributed by atoms with Crippen molar-refractivity contribution in [2.45, 2.75) is 32.9 Å². The summed E-state index contributed by atoms with van der Waals surface area (Å²) in [5.74, 6) is -0.604. The summed E-state index contributed by atoms with van der Waals surface area (Å²) in [5.41, 5.74) is 0.679. The first-order chi connectivity index (χ1) is 12.4. The van der Waals surface area contributed by atoms with Crippen molar-refractivity contribution < 1.29 is 18.7 Å². The number of amides is 3. The third kappa shape index (κ3) is 6.14. The molecular weight excluding hydrogens is 361 g/mol. The highest BCUT2D eigenvalue weighted by Crippen LogP contribution is 2.21. The van der Waals surface area contributed by atoms with E-state index in [1.54, 1.807) is 11.0 Å². The molecule has 1 aromatic rings. The van der Waals surface area contributed by atoms with Gasteiger partial charge in [-0.2, -0.15) is 0 Å². The predicted molar refractivity (Wildman–Crippen MR) is 97.5 cm³/mol. The van der Waals surface area contributed by atoms with Crippen LogP contribution in [-0.4, -0.2) is 60.6 Å². The molecule has 1 aliphatic rings. The van der Waals surface area contributed by atoms with Crippen LogP contribution in [0.25, 0.3) is 0 Å². The van der Waals surface area contributed by atoms with Crippen molar-refractivity contribution in [1.82, 2.24) is 15.1 Å². The first kappa shape index (κ1) is 20.5. The number of halogens is 2. The summed E-state index contributed by atoms with van der Waals surface area (Å²) in [6, 6.07) is 3.89. The molecule has 0 radical (unpaired) electrons. The molecule has 0 atom stereocenters. The maximum absolute atomic E-state index is 13.1. The van der Waals surface area contributed by atoms with Crippen molar-refractivity contribution in [3.63, 3.8) is 0 Å². The minimum Gasteiger partial charge on any atom is -0.379 e. The van der Waals surface area contributed by atoms with Gasteiger partial charge >= 0.3 is 6.03 Å². The van der Waals surface area contributed by atoms with Gasteiger partial charge in [-0.25, -0.2) is 9.18 Å². The number of ether oxygens (including phenoxy) is 1. The van der Waals surface area contributed by atoms with E-state index in [0.29, 0.717) is 38.3 Å². The van der Waals surface area contributed by atoms with Crippen LogP contribution in [0.1, 0.15) is 25.8 Å². The Balaban J connectivity index is 1.75. The molecule has 1 heterocycles. The van der Waals surface area contributed by atoms with Gasteiger partial charge < -0.3 is 19.9 Å². The van der Waals surface area contributed by atoms with Crippen LogP contribution in [0.2, 0.25) is 5.02 Å². The molecule has 0 bridgehead atoms. The van der Waals surface area contributed by atoms with Crippen molar-refractivity contribution in [2.75, 3.05) is 32.8 Å². The summed E-state index contributed by atoms with van der Waals surface area (Å²) in [6.07, 6.45) is 0.904. The smallest absolute Gasteiger partial charge is 0.320 e. The van der Waals surface area contributed by atoms with Crippen LogP contribution in [0.3, 0.4) is 0 Å². The van der Waals surface area contributed by atoms with E-state index in [9.17, 15) is 14.0 Å². The highest BCUT2D eigenvalue weighted by Gasteiger charge is 2.30. The van der Waals surface area contributed by atoms with E-state index in [1.165, 1.54) is 17.0 Å². The summed E-state index contributed by atoms with van der Waals surface area (Å²) in [7, 11) is 0. The Kier molecular flexibility index (Phi) is 7.66. The van der Waals surface area contributed by atoms with Gasteiger partial charge in [-0.05, 0) is 38.0 Å². The number of urea groups is 1. The molecule has 1 aliphatic heterocycles. The fourth-order valence-electron chi connectivity index (χ4n) is 2.63. The highest BCUT2D eigenvalue weighted by molar-refractivity contribution is 6.31. The molecular formula is C18H25ClFN3O3. The van der Waals surface area contributed by atoms with Crippen molar-refractivity contribution in [3.8, 4) is 0 Å². The second-order valence-electron chi connectivity index (χ2n) is 6.48. The summed E-state index contributed by atoms with van der Waals surface area (Å²) < 4.78 is 18.5. The van der Waals surface area contributed by atoms with Crippen LogP contribution in [0, 0.1) is 5.82 Å². The Morgan fingerprint density at radius 2 is 2.08 bits per heavy atom. The molecule has 0 unspecified atom stereocenters. The molecule has 1 saturated heterocycles. The second-order valence-corrected chi connectivity index (χ2v) is 6.89. The monoisotopic (exact) mass is 385 g/mol. The van der Waals surface area contributed by atoms with Crippen molar-refractivity contribution in [3.05, 3.63) is 34.6 Å². The summed E-state index contributed by atoms with van der Waals surface area (Å²) >= 11 is 6.01. The van der Waals surface area contributed by atoms with E-state index >= 15 is 0 Å². The first-order valence-corrected chi connectivity index (χ1v) is 9.10. The Hall–Kier alpha value is -1.86. The van der Waals surface area contributed by atoms with Crippen LogP contribution < -0.4 is 5.32 Å². The molecule has 144 valence electrons. The fraction of sp³-hybridized carbons (Fsp3) is 0.556.